The van der Waals surface area contributed by atoms with Crippen LogP contribution in [0.4, 0.5) is 0 Å². The fraction of sp³-hybridized carbons (Fsp3) is 1.00. The molecule has 1 aliphatic carbocycles. The van der Waals surface area contributed by atoms with Crippen molar-refractivity contribution in [2.75, 3.05) is 12.8 Å². The van der Waals surface area contributed by atoms with E-state index in [-0.39, 0.29) is 5.54 Å². The zero-order valence-corrected chi connectivity index (χ0v) is 12.8. The third-order valence-corrected chi connectivity index (χ3v) is 5.99. The van der Waals surface area contributed by atoms with Crippen molar-refractivity contribution in [3.8, 4) is 0 Å². The molecule has 0 aromatic heterocycles. The number of rotatable bonds is 4. The quantitative estimate of drug-likeness (QED) is 0.844. The Kier molecular flexibility index (Phi) is 4.00. The first-order valence-electron chi connectivity index (χ1n) is 6.41. The van der Waals surface area contributed by atoms with Crippen LogP contribution in [-0.4, -0.2) is 31.5 Å². The fourth-order valence-electron chi connectivity index (χ4n) is 2.37. The lowest BCUT2D eigenvalue weighted by Gasteiger charge is -2.49. The van der Waals surface area contributed by atoms with E-state index >= 15 is 0 Å². The van der Waals surface area contributed by atoms with Crippen LogP contribution in [0.5, 0.6) is 0 Å². The predicted octanol–water partition coefficient (Wildman–Crippen LogP) is 2.22. The summed E-state index contributed by atoms with van der Waals surface area (Å²) in [5, 5.41) is 3.35. The van der Waals surface area contributed by atoms with Crippen molar-refractivity contribution < 1.29 is 8.42 Å². The molecule has 0 spiro atoms. The third kappa shape index (κ3) is 3.44. The van der Waals surface area contributed by atoms with Gasteiger partial charge in [-0.2, -0.15) is 0 Å². The minimum atomic E-state index is -2.98. The third-order valence-electron chi connectivity index (χ3n) is 3.94. The highest BCUT2D eigenvalue weighted by Crippen LogP contribution is 2.46. The molecule has 0 saturated heterocycles. The Labute approximate surface area is 106 Å². The Hall–Kier alpha value is -0.0900. The number of nitrogens with one attached hydrogen (secondary N) is 1. The molecule has 1 saturated carbocycles. The fourth-order valence-corrected chi connectivity index (χ4v) is 3.74. The van der Waals surface area contributed by atoms with Crippen LogP contribution in [-0.2, 0) is 9.84 Å². The summed E-state index contributed by atoms with van der Waals surface area (Å²) in [5.74, 6) is 1.14. The van der Waals surface area contributed by atoms with Crippen LogP contribution in [0.15, 0.2) is 0 Å². The molecule has 0 bridgehead atoms. The summed E-state index contributed by atoms with van der Waals surface area (Å²) in [6, 6.07) is 0. The number of hydrogen-bond donors (Lipinski definition) is 1. The molecule has 0 unspecified atom stereocenters. The summed E-state index contributed by atoms with van der Waals surface area (Å²) in [4.78, 5) is 0. The van der Waals surface area contributed by atoms with Gasteiger partial charge in [-0.3, -0.25) is 0 Å². The zero-order chi connectivity index (χ0) is 13.5. The molecule has 102 valence electrons. The van der Waals surface area contributed by atoms with Gasteiger partial charge < -0.3 is 5.32 Å². The lowest BCUT2D eigenvalue weighted by Crippen LogP contribution is -2.59. The Morgan fingerprint density at radius 1 is 1.29 bits per heavy atom. The second kappa shape index (κ2) is 4.54. The summed E-state index contributed by atoms with van der Waals surface area (Å²) in [6.07, 6.45) is 3.01. The summed E-state index contributed by atoms with van der Waals surface area (Å²) in [6.45, 7) is 11.1. The Morgan fingerprint density at radius 3 is 2.06 bits per heavy atom. The molecule has 0 aromatic carbocycles. The van der Waals surface area contributed by atoms with Crippen LogP contribution >= 0.6 is 0 Å². The first-order chi connectivity index (χ1) is 7.47. The largest absolute Gasteiger partial charge is 0.310 e. The van der Waals surface area contributed by atoms with Crippen LogP contribution in [0.3, 0.4) is 0 Å². The van der Waals surface area contributed by atoms with Gasteiger partial charge >= 0.3 is 0 Å². The second-order valence-electron chi connectivity index (χ2n) is 6.97. The van der Waals surface area contributed by atoms with Crippen molar-refractivity contribution in [1.29, 1.82) is 0 Å². The Morgan fingerprint density at radius 2 is 1.76 bits per heavy atom. The van der Waals surface area contributed by atoms with Crippen molar-refractivity contribution in [3.05, 3.63) is 0 Å². The summed E-state index contributed by atoms with van der Waals surface area (Å²) in [7, 11) is -2.98. The van der Waals surface area contributed by atoms with Crippen LogP contribution in [0.2, 0.25) is 0 Å². The molecule has 0 atom stereocenters. The van der Waals surface area contributed by atoms with E-state index in [0.29, 0.717) is 18.4 Å². The lowest BCUT2D eigenvalue weighted by molar-refractivity contribution is 0.152. The maximum atomic E-state index is 12.0. The summed E-state index contributed by atoms with van der Waals surface area (Å²) < 4.78 is 23.4. The van der Waals surface area contributed by atoms with Gasteiger partial charge in [-0.1, -0.05) is 13.8 Å². The molecule has 4 heteroatoms. The van der Waals surface area contributed by atoms with Gasteiger partial charge in [0.2, 0.25) is 0 Å². The summed E-state index contributed by atoms with van der Waals surface area (Å²) >= 11 is 0. The maximum absolute atomic E-state index is 12.0. The standard InChI is InChI=1S/C13H27NO2S/c1-10(2)11-7-13(8-11,17(6,15)16)9-14-12(3,4)5/h10-11,14H,7-9H2,1-6H3. The molecule has 1 rings (SSSR count). The monoisotopic (exact) mass is 261 g/mol. The van der Waals surface area contributed by atoms with Crippen molar-refractivity contribution in [2.24, 2.45) is 11.8 Å². The first-order valence-corrected chi connectivity index (χ1v) is 8.31. The lowest BCUT2D eigenvalue weighted by atomic mass is 9.68. The normalized spacial score (nSPS) is 30.4. The highest BCUT2D eigenvalue weighted by Gasteiger charge is 2.52. The van der Waals surface area contributed by atoms with E-state index < -0.39 is 14.6 Å². The molecule has 1 N–H and O–H groups in total. The number of sulfone groups is 1. The molecule has 0 aliphatic heterocycles. The zero-order valence-electron chi connectivity index (χ0n) is 12.0. The van der Waals surface area contributed by atoms with E-state index in [1.54, 1.807) is 0 Å². The molecule has 0 radical (unpaired) electrons. The Balaban J connectivity index is 2.73. The van der Waals surface area contributed by atoms with Gasteiger partial charge in [-0.05, 0) is 45.4 Å². The molecule has 1 fully saturated rings. The topological polar surface area (TPSA) is 46.2 Å². The van der Waals surface area contributed by atoms with Gasteiger partial charge in [0.25, 0.3) is 0 Å². The summed E-state index contributed by atoms with van der Waals surface area (Å²) in [5.41, 5.74) is -0.0272. The van der Waals surface area contributed by atoms with Crippen molar-refractivity contribution in [3.63, 3.8) is 0 Å². The minimum absolute atomic E-state index is 0.0272. The van der Waals surface area contributed by atoms with Crippen LogP contribution < -0.4 is 5.32 Å². The van der Waals surface area contributed by atoms with Gasteiger partial charge in [-0.15, -0.1) is 0 Å². The van der Waals surface area contributed by atoms with E-state index in [4.69, 9.17) is 0 Å². The van der Waals surface area contributed by atoms with Gasteiger partial charge in [0.05, 0.1) is 4.75 Å². The van der Waals surface area contributed by atoms with E-state index in [0.717, 1.165) is 12.8 Å². The molecule has 17 heavy (non-hydrogen) atoms. The van der Waals surface area contributed by atoms with Gasteiger partial charge in [0, 0.05) is 18.3 Å². The molecule has 3 nitrogen and oxygen atoms in total. The van der Waals surface area contributed by atoms with E-state index in [9.17, 15) is 8.42 Å². The van der Waals surface area contributed by atoms with E-state index in [2.05, 4.69) is 39.9 Å². The highest BCUT2D eigenvalue weighted by molar-refractivity contribution is 7.92. The van der Waals surface area contributed by atoms with Crippen LogP contribution in [0.25, 0.3) is 0 Å². The Bertz CT molecular complexity index is 359. The minimum Gasteiger partial charge on any atom is -0.310 e. The molecule has 1 aliphatic rings. The SMILES string of the molecule is CC(C)C1CC(CNC(C)(C)C)(S(C)(=O)=O)C1. The smallest absolute Gasteiger partial charge is 0.154 e. The molecule has 0 heterocycles. The van der Waals surface area contributed by atoms with Crippen LogP contribution in [0.1, 0.15) is 47.5 Å². The average Bonchev–Trinajstić information content (AvgIpc) is 1.95. The molecular weight excluding hydrogens is 234 g/mol. The van der Waals surface area contributed by atoms with E-state index in [1.807, 2.05) is 0 Å². The van der Waals surface area contributed by atoms with Crippen molar-refractivity contribution in [2.45, 2.75) is 57.7 Å². The van der Waals surface area contributed by atoms with Gasteiger partial charge in [0.15, 0.2) is 9.84 Å². The number of hydrogen-bond acceptors (Lipinski definition) is 3. The maximum Gasteiger partial charge on any atom is 0.154 e. The first kappa shape index (κ1) is 15.0. The second-order valence-corrected chi connectivity index (χ2v) is 9.38. The van der Waals surface area contributed by atoms with Crippen molar-refractivity contribution in [1.82, 2.24) is 5.32 Å². The average molecular weight is 261 g/mol. The van der Waals surface area contributed by atoms with Crippen molar-refractivity contribution >= 4 is 9.84 Å². The highest BCUT2D eigenvalue weighted by atomic mass is 32.2. The predicted molar refractivity (Wildman–Crippen MR) is 72.9 cm³/mol. The van der Waals surface area contributed by atoms with Crippen LogP contribution in [0, 0.1) is 11.8 Å². The van der Waals surface area contributed by atoms with Gasteiger partial charge in [0.1, 0.15) is 0 Å². The molecule has 0 amide bonds. The molecule has 0 aromatic rings. The van der Waals surface area contributed by atoms with E-state index in [1.165, 1.54) is 6.26 Å². The molecular formula is C13H27NO2S. The van der Waals surface area contributed by atoms with Gasteiger partial charge in [-0.25, -0.2) is 8.42 Å².